The summed E-state index contributed by atoms with van der Waals surface area (Å²) in [4.78, 5) is 11.4. The molecule has 5 nitrogen and oxygen atoms in total. The van der Waals surface area contributed by atoms with E-state index in [9.17, 15) is 0 Å². The molecule has 29 heavy (non-hydrogen) atoms. The normalized spacial score (nSPS) is 20.7. The van der Waals surface area contributed by atoms with E-state index >= 15 is 0 Å². The number of piperidine rings is 1. The number of hydrogen-bond donors (Lipinski definition) is 2. The van der Waals surface area contributed by atoms with Crippen molar-refractivity contribution >= 4 is 41.3 Å². The lowest BCUT2D eigenvalue weighted by Crippen LogP contribution is -2.40. The van der Waals surface area contributed by atoms with Crippen molar-refractivity contribution < 1.29 is 0 Å². The molecule has 0 bridgehead atoms. The summed E-state index contributed by atoms with van der Waals surface area (Å²) < 4.78 is 0. The van der Waals surface area contributed by atoms with E-state index in [1.165, 1.54) is 37.1 Å². The Balaban J connectivity index is 0.00000420. The van der Waals surface area contributed by atoms with E-state index in [0.29, 0.717) is 18.0 Å². The Kier molecular flexibility index (Phi) is 13.4. The molecule has 0 aliphatic carbocycles. The topological polar surface area (TPSA) is 42.9 Å². The number of guanidine groups is 1. The summed E-state index contributed by atoms with van der Waals surface area (Å²) >= 11 is 1.88. The lowest BCUT2D eigenvalue weighted by Gasteiger charge is -2.38. The van der Waals surface area contributed by atoms with Crippen molar-refractivity contribution in [2.45, 2.75) is 58.5 Å². The number of nitrogens with one attached hydrogen (secondary N) is 2. The lowest BCUT2D eigenvalue weighted by atomic mass is 9.88. The quantitative estimate of drug-likeness (QED) is 0.202. The van der Waals surface area contributed by atoms with Crippen LogP contribution in [0.25, 0.3) is 0 Å². The van der Waals surface area contributed by atoms with E-state index in [4.69, 9.17) is 4.99 Å². The fraction of sp³-hybridized carbons (Fsp3) is 0.773. The number of hydrogen-bond acceptors (Lipinski definition) is 4. The van der Waals surface area contributed by atoms with E-state index in [2.05, 4.69) is 72.8 Å². The molecule has 2 heterocycles. The van der Waals surface area contributed by atoms with Gasteiger partial charge in [-0.1, -0.05) is 6.07 Å². The van der Waals surface area contributed by atoms with Gasteiger partial charge in [0.25, 0.3) is 0 Å². The van der Waals surface area contributed by atoms with Crippen LogP contribution in [-0.2, 0) is 0 Å². The first-order valence-electron chi connectivity index (χ1n) is 11.0. The first-order valence-corrected chi connectivity index (χ1v) is 11.9. The third-order valence-corrected chi connectivity index (χ3v) is 6.72. The second-order valence-corrected chi connectivity index (χ2v) is 9.25. The Morgan fingerprint density at radius 3 is 2.79 bits per heavy atom. The molecule has 0 amide bonds. The van der Waals surface area contributed by atoms with Gasteiger partial charge >= 0.3 is 0 Å². The highest BCUT2D eigenvalue weighted by atomic mass is 127. The Labute approximate surface area is 199 Å². The molecule has 2 rings (SSSR count). The highest BCUT2D eigenvalue weighted by Gasteiger charge is 2.31. The Hall–Kier alpha value is -0.380. The second-order valence-electron chi connectivity index (χ2n) is 8.27. The average Bonchev–Trinajstić information content (AvgIpc) is 3.19. The predicted octanol–water partition coefficient (Wildman–Crippen LogP) is 4.42. The molecule has 0 aromatic carbocycles. The number of likely N-dealkylation sites (tertiary alicyclic amines) is 1. The average molecular weight is 536 g/mol. The maximum atomic E-state index is 4.95. The largest absolute Gasteiger partial charge is 0.357 e. The van der Waals surface area contributed by atoms with Gasteiger partial charge in [-0.25, -0.2) is 0 Å². The summed E-state index contributed by atoms with van der Waals surface area (Å²) in [6.07, 6.45) is 4.92. The van der Waals surface area contributed by atoms with Gasteiger partial charge in [0.2, 0.25) is 0 Å². The highest BCUT2D eigenvalue weighted by Crippen LogP contribution is 2.37. The van der Waals surface area contributed by atoms with Gasteiger partial charge in [-0.2, -0.15) is 0 Å². The van der Waals surface area contributed by atoms with Crippen molar-refractivity contribution in [1.82, 2.24) is 20.4 Å². The van der Waals surface area contributed by atoms with Crippen LogP contribution in [0.3, 0.4) is 0 Å². The van der Waals surface area contributed by atoms with E-state index in [1.54, 1.807) is 0 Å². The Bertz CT molecular complexity index is 564. The molecule has 1 aliphatic rings. The maximum Gasteiger partial charge on any atom is 0.191 e. The monoisotopic (exact) mass is 535 g/mol. The van der Waals surface area contributed by atoms with E-state index in [0.717, 1.165) is 32.1 Å². The summed E-state index contributed by atoms with van der Waals surface area (Å²) in [7, 11) is 4.46. The molecule has 1 saturated heterocycles. The van der Waals surface area contributed by atoms with Crippen LogP contribution in [0.15, 0.2) is 22.5 Å². The minimum absolute atomic E-state index is 0. The van der Waals surface area contributed by atoms with Crippen molar-refractivity contribution in [3.05, 3.63) is 22.4 Å². The standard InChI is InChI=1S/C22H41N5S.HI/c1-6-23-22(24-13-7-8-14-26(4)18(2)3)25-17-19-11-9-15-27(5)21(19)20-12-10-16-28-20;/h10,12,16,18-19,21H,6-9,11,13-15,17H2,1-5H3,(H2,23,24,25);1H. The van der Waals surface area contributed by atoms with Crippen LogP contribution in [0.4, 0.5) is 0 Å². The molecule has 1 aliphatic heterocycles. The first-order chi connectivity index (χ1) is 13.5. The van der Waals surface area contributed by atoms with Gasteiger partial charge in [-0.3, -0.25) is 9.89 Å². The van der Waals surface area contributed by atoms with Crippen molar-refractivity contribution in [3.8, 4) is 0 Å². The number of halogens is 1. The molecule has 2 atom stereocenters. The zero-order valence-corrected chi connectivity index (χ0v) is 22.1. The van der Waals surface area contributed by atoms with E-state index in [-0.39, 0.29) is 24.0 Å². The van der Waals surface area contributed by atoms with Gasteiger partial charge in [-0.05, 0) is 91.0 Å². The van der Waals surface area contributed by atoms with Crippen molar-refractivity contribution in [2.75, 3.05) is 46.8 Å². The summed E-state index contributed by atoms with van der Waals surface area (Å²) in [5, 5.41) is 9.15. The second kappa shape index (κ2) is 14.6. The highest BCUT2D eigenvalue weighted by molar-refractivity contribution is 14.0. The molecule has 2 unspecified atom stereocenters. The molecule has 0 saturated carbocycles. The minimum atomic E-state index is 0. The van der Waals surface area contributed by atoms with Gasteiger partial charge in [-0.15, -0.1) is 35.3 Å². The lowest BCUT2D eigenvalue weighted by molar-refractivity contribution is 0.128. The zero-order valence-electron chi connectivity index (χ0n) is 19.0. The van der Waals surface area contributed by atoms with Gasteiger partial charge in [0.1, 0.15) is 0 Å². The fourth-order valence-electron chi connectivity index (χ4n) is 3.86. The summed E-state index contributed by atoms with van der Waals surface area (Å²) in [5.74, 6) is 1.56. The molecule has 1 aromatic heterocycles. The zero-order chi connectivity index (χ0) is 20.4. The molecular weight excluding hydrogens is 493 g/mol. The number of aliphatic imine (C=N–C) groups is 1. The van der Waals surface area contributed by atoms with Crippen LogP contribution in [-0.4, -0.2) is 68.6 Å². The fourth-order valence-corrected chi connectivity index (χ4v) is 4.84. The molecule has 168 valence electrons. The molecule has 1 fully saturated rings. The minimum Gasteiger partial charge on any atom is -0.357 e. The molecule has 0 radical (unpaired) electrons. The van der Waals surface area contributed by atoms with Gasteiger partial charge in [0.15, 0.2) is 5.96 Å². The molecule has 0 spiro atoms. The smallest absolute Gasteiger partial charge is 0.191 e. The summed E-state index contributed by atoms with van der Waals surface area (Å²) in [6, 6.07) is 5.58. The number of nitrogens with zero attached hydrogens (tertiary/aromatic N) is 3. The summed E-state index contributed by atoms with van der Waals surface area (Å²) in [6.45, 7) is 11.8. The van der Waals surface area contributed by atoms with E-state index < -0.39 is 0 Å². The maximum absolute atomic E-state index is 4.95. The third kappa shape index (κ3) is 9.11. The van der Waals surface area contributed by atoms with Crippen LogP contribution in [0.5, 0.6) is 0 Å². The Morgan fingerprint density at radius 1 is 1.34 bits per heavy atom. The van der Waals surface area contributed by atoms with Crippen LogP contribution < -0.4 is 10.6 Å². The van der Waals surface area contributed by atoms with Crippen LogP contribution >= 0.6 is 35.3 Å². The summed E-state index contributed by atoms with van der Waals surface area (Å²) in [5.41, 5.74) is 0. The third-order valence-electron chi connectivity index (χ3n) is 5.78. The van der Waals surface area contributed by atoms with Gasteiger partial charge in [0, 0.05) is 36.6 Å². The number of thiophene rings is 1. The van der Waals surface area contributed by atoms with Crippen molar-refractivity contribution in [2.24, 2.45) is 10.9 Å². The SMILES string of the molecule is CCNC(=NCC1CCCN(C)C1c1cccs1)NCCCCN(C)C(C)C.I. The van der Waals surface area contributed by atoms with Crippen LogP contribution in [0.2, 0.25) is 0 Å². The molecule has 7 heteroatoms. The van der Waals surface area contributed by atoms with Crippen LogP contribution in [0, 0.1) is 5.92 Å². The van der Waals surface area contributed by atoms with Gasteiger partial charge < -0.3 is 15.5 Å². The predicted molar refractivity (Wildman–Crippen MR) is 139 cm³/mol. The van der Waals surface area contributed by atoms with Crippen molar-refractivity contribution in [3.63, 3.8) is 0 Å². The Morgan fingerprint density at radius 2 is 2.14 bits per heavy atom. The molecule has 1 aromatic rings. The molecular formula is C22H42IN5S. The van der Waals surface area contributed by atoms with Crippen LogP contribution in [0.1, 0.15) is 57.4 Å². The van der Waals surface area contributed by atoms with Gasteiger partial charge in [0.05, 0.1) is 0 Å². The number of unbranched alkanes of at least 4 members (excludes halogenated alkanes) is 1. The van der Waals surface area contributed by atoms with Crippen molar-refractivity contribution in [1.29, 1.82) is 0 Å². The molecule has 2 N–H and O–H groups in total. The first kappa shape index (κ1) is 26.7. The number of rotatable bonds is 10. The van der Waals surface area contributed by atoms with E-state index in [1.807, 2.05) is 11.3 Å².